The molecule has 0 aliphatic heterocycles. The van der Waals surface area contributed by atoms with E-state index in [2.05, 4.69) is 11.6 Å². The average Bonchev–Trinajstić information content (AvgIpc) is 2.30. The standard InChI is InChI=1S/C13H10FN/c1-10(13-8-4-5-9-15-13)11-6-2-3-7-12(11)14/h2-9H,1H2. The number of pyridine rings is 1. The third-order valence-electron chi connectivity index (χ3n) is 2.17. The number of hydrogen-bond acceptors (Lipinski definition) is 1. The van der Waals surface area contributed by atoms with Gasteiger partial charge in [-0.2, -0.15) is 0 Å². The van der Waals surface area contributed by atoms with Gasteiger partial charge in [-0.25, -0.2) is 4.39 Å². The minimum atomic E-state index is -0.270. The smallest absolute Gasteiger partial charge is 0.131 e. The molecule has 0 aliphatic carbocycles. The lowest BCUT2D eigenvalue weighted by atomic mass is 10.0. The van der Waals surface area contributed by atoms with E-state index in [0.717, 1.165) is 0 Å². The Hall–Kier alpha value is -1.96. The highest BCUT2D eigenvalue weighted by Gasteiger charge is 2.07. The van der Waals surface area contributed by atoms with E-state index < -0.39 is 0 Å². The van der Waals surface area contributed by atoms with Crippen LogP contribution in [-0.4, -0.2) is 4.98 Å². The zero-order valence-electron chi connectivity index (χ0n) is 8.15. The van der Waals surface area contributed by atoms with Crippen molar-refractivity contribution in [3.05, 3.63) is 72.3 Å². The van der Waals surface area contributed by atoms with Gasteiger partial charge in [0.2, 0.25) is 0 Å². The average molecular weight is 199 g/mol. The summed E-state index contributed by atoms with van der Waals surface area (Å²) in [5.74, 6) is -0.270. The second-order valence-electron chi connectivity index (χ2n) is 3.17. The molecule has 1 heterocycles. The molecule has 0 saturated carbocycles. The van der Waals surface area contributed by atoms with E-state index in [1.807, 2.05) is 18.2 Å². The number of hydrogen-bond donors (Lipinski definition) is 0. The van der Waals surface area contributed by atoms with Gasteiger partial charge in [0.1, 0.15) is 5.82 Å². The van der Waals surface area contributed by atoms with Crippen molar-refractivity contribution in [1.82, 2.24) is 4.98 Å². The maximum atomic E-state index is 13.4. The van der Waals surface area contributed by atoms with E-state index in [1.54, 1.807) is 24.4 Å². The largest absolute Gasteiger partial charge is 0.256 e. The van der Waals surface area contributed by atoms with Crippen molar-refractivity contribution in [3.8, 4) is 0 Å². The van der Waals surface area contributed by atoms with E-state index in [9.17, 15) is 4.39 Å². The molecule has 0 spiro atoms. The highest BCUT2D eigenvalue weighted by Crippen LogP contribution is 2.21. The molecule has 2 aromatic rings. The maximum absolute atomic E-state index is 13.4. The third kappa shape index (κ3) is 1.94. The van der Waals surface area contributed by atoms with Crippen LogP contribution in [-0.2, 0) is 0 Å². The van der Waals surface area contributed by atoms with Crippen LogP contribution >= 0.6 is 0 Å². The lowest BCUT2D eigenvalue weighted by molar-refractivity contribution is 0.624. The van der Waals surface area contributed by atoms with Crippen LogP contribution in [0.2, 0.25) is 0 Å². The first-order valence-electron chi connectivity index (χ1n) is 4.64. The Morgan fingerprint density at radius 1 is 1.07 bits per heavy atom. The monoisotopic (exact) mass is 199 g/mol. The van der Waals surface area contributed by atoms with Crippen molar-refractivity contribution in [1.29, 1.82) is 0 Å². The maximum Gasteiger partial charge on any atom is 0.131 e. The SMILES string of the molecule is C=C(c1ccccn1)c1ccccc1F. The molecule has 0 aliphatic rings. The quantitative estimate of drug-likeness (QED) is 0.723. The molecule has 0 bridgehead atoms. The molecule has 2 heteroatoms. The molecule has 0 saturated heterocycles. The van der Waals surface area contributed by atoms with E-state index in [0.29, 0.717) is 16.8 Å². The first-order valence-corrected chi connectivity index (χ1v) is 4.64. The first-order chi connectivity index (χ1) is 7.29. The summed E-state index contributed by atoms with van der Waals surface area (Å²) < 4.78 is 13.4. The Morgan fingerprint density at radius 3 is 2.47 bits per heavy atom. The van der Waals surface area contributed by atoms with E-state index >= 15 is 0 Å². The van der Waals surface area contributed by atoms with Gasteiger partial charge in [-0.05, 0) is 18.2 Å². The van der Waals surface area contributed by atoms with Gasteiger partial charge in [0.15, 0.2) is 0 Å². The molecule has 1 nitrogen and oxygen atoms in total. The van der Waals surface area contributed by atoms with Crippen LogP contribution < -0.4 is 0 Å². The van der Waals surface area contributed by atoms with Crippen molar-refractivity contribution in [2.24, 2.45) is 0 Å². The zero-order valence-corrected chi connectivity index (χ0v) is 8.15. The highest BCUT2D eigenvalue weighted by atomic mass is 19.1. The van der Waals surface area contributed by atoms with Crippen LogP contribution in [0, 0.1) is 5.82 Å². The van der Waals surface area contributed by atoms with E-state index in [4.69, 9.17) is 0 Å². The van der Waals surface area contributed by atoms with Gasteiger partial charge in [0, 0.05) is 17.3 Å². The molecule has 0 unspecified atom stereocenters. The minimum absolute atomic E-state index is 0.270. The van der Waals surface area contributed by atoms with Crippen LogP contribution in [0.25, 0.3) is 5.57 Å². The molecule has 1 aromatic heterocycles. The fraction of sp³-hybridized carbons (Fsp3) is 0. The Morgan fingerprint density at radius 2 is 1.80 bits per heavy atom. The van der Waals surface area contributed by atoms with Crippen molar-refractivity contribution < 1.29 is 4.39 Å². The predicted molar refractivity (Wildman–Crippen MR) is 58.8 cm³/mol. The summed E-state index contributed by atoms with van der Waals surface area (Å²) >= 11 is 0. The second kappa shape index (κ2) is 4.05. The summed E-state index contributed by atoms with van der Waals surface area (Å²) in [5.41, 5.74) is 1.80. The fourth-order valence-corrected chi connectivity index (χ4v) is 1.39. The van der Waals surface area contributed by atoms with Gasteiger partial charge in [-0.1, -0.05) is 30.8 Å². The van der Waals surface area contributed by atoms with Crippen LogP contribution in [0.15, 0.2) is 55.2 Å². The number of rotatable bonds is 2. The Kier molecular flexibility index (Phi) is 2.59. The van der Waals surface area contributed by atoms with Gasteiger partial charge in [-0.3, -0.25) is 4.98 Å². The topological polar surface area (TPSA) is 12.9 Å². The normalized spacial score (nSPS) is 9.93. The molecule has 15 heavy (non-hydrogen) atoms. The van der Waals surface area contributed by atoms with Crippen molar-refractivity contribution in [2.45, 2.75) is 0 Å². The lowest BCUT2D eigenvalue weighted by Crippen LogP contribution is -1.92. The highest BCUT2D eigenvalue weighted by molar-refractivity contribution is 5.76. The Bertz CT molecular complexity index is 477. The summed E-state index contributed by atoms with van der Waals surface area (Å²) in [4.78, 5) is 4.13. The van der Waals surface area contributed by atoms with E-state index in [1.165, 1.54) is 6.07 Å². The second-order valence-corrected chi connectivity index (χ2v) is 3.17. The number of halogens is 1. The summed E-state index contributed by atoms with van der Waals surface area (Å²) in [6.45, 7) is 3.85. The van der Waals surface area contributed by atoms with Gasteiger partial charge in [0.25, 0.3) is 0 Å². The molecule has 0 fully saturated rings. The molecule has 0 amide bonds. The van der Waals surface area contributed by atoms with Crippen molar-refractivity contribution >= 4 is 5.57 Å². The van der Waals surface area contributed by atoms with Crippen LogP contribution in [0.1, 0.15) is 11.3 Å². The van der Waals surface area contributed by atoms with Crippen LogP contribution in [0.5, 0.6) is 0 Å². The van der Waals surface area contributed by atoms with Gasteiger partial charge in [-0.15, -0.1) is 0 Å². The molecular weight excluding hydrogens is 189 g/mol. The summed E-state index contributed by atoms with van der Waals surface area (Å²) in [6.07, 6.45) is 1.67. The number of benzene rings is 1. The molecule has 0 N–H and O–H groups in total. The first kappa shape index (κ1) is 9.59. The minimum Gasteiger partial charge on any atom is -0.256 e. The van der Waals surface area contributed by atoms with Gasteiger partial charge in [0.05, 0.1) is 5.69 Å². The van der Waals surface area contributed by atoms with Crippen molar-refractivity contribution in [2.75, 3.05) is 0 Å². The van der Waals surface area contributed by atoms with Gasteiger partial charge < -0.3 is 0 Å². The van der Waals surface area contributed by atoms with Crippen molar-refractivity contribution in [3.63, 3.8) is 0 Å². The Labute approximate surface area is 87.9 Å². The Balaban J connectivity index is 2.42. The summed E-state index contributed by atoms with van der Waals surface area (Å²) in [5, 5.41) is 0. The predicted octanol–water partition coefficient (Wildman–Crippen LogP) is 3.28. The summed E-state index contributed by atoms with van der Waals surface area (Å²) in [6, 6.07) is 12.0. The molecule has 74 valence electrons. The number of nitrogens with zero attached hydrogens (tertiary/aromatic N) is 1. The van der Waals surface area contributed by atoms with Gasteiger partial charge >= 0.3 is 0 Å². The molecule has 0 radical (unpaired) electrons. The van der Waals surface area contributed by atoms with Crippen LogP contribution in [0.3, 0.4) is 0 Å². The fourth-order valence-electron chi connectivity index (χ4n) is 1.39. The third-order valence-corrected chi connectivity index (χ3v) is 2.17. The molecule has 2 rings (SSSR count). The van der Waals surface area contributed by atoms with E-state index in [-0.39, 0.29) is 5.82 Å². The molecular formula is C13H10FN. The zero-order chi connectivity index (χ0) is 10.7. The molecule has 0 atom stereocenters. The summed E-state index contributed by atoms with van der Waals surface area (Å²) in [7, 11) is 0. The molecule has 1 aromatic carbocycles. The lowest BCUT2D eigenvalue weighted by Gasteiger charge is -2.05. The number of aromatic nitrogens is 1. The van der Waals surface area contributed by atoms with Crippen LogP contribution in [0.4, 0.5) is 4.39 Å².